The van der Waals surface area contributed by atoms with Crippen LogP contribution in [0.15, 0.2) is 0 Å². The van der Waals surface area contributed by atoms with E-state index in [1.165, 1.54) is 0 Å². The van der Waals surface area contributed by atoms with E-state index in [9.17, 15) is 14.4 Å². The molecule has 114 valence electrons. The van der Waals surface area contributed by atoms with Crippen LogP contribution in [-0.2, 0) is 14.4 Å². The minimum Gasteiger partial charge on any atom is -0.481 e. The van der Waals surface area contributed by atoms with Crippen molar-refractivity contribution < 1.29 is 19.5 Å². The third-order valence-corrected chi connectivity index (χ3v) is 3.92. The van der Waals surface area contributed by atoms with Gasteiger partial charge in [-0.25, -0.2) is 0 Å². The number of hydrogen-bond acceptors (Lipinski definition) is 4. The predicted molar refractivity (Wildman–Crippen MR) is 77.6 cm³/mol. The van der Waals surface area contributed by atoms with Gasteiger partial charge in [-0.2, -0.15) is 0 Å². The summed E-state index contributed by atoms with van der Waals surface area (Å²) in [5, 5.41) is 8.51. The molecule has 1 saturated heterocycles. The normalized spacial score (nSPS) is 15.6. The minimum absolute atomic E-state index is 0.0489. The third-order valence-electron chi connectivity index (χ3n) is 3.02. The molecular formula is C13H22N2O4S. The number of nitrogens with zero attached hydrogens (tertiary/aromatic N) is 2. The molecule has 0 aromatic carbocycles. The van der Waals surface area contributed by atoms with Crippen molar-refractivity contribution in [3.63, 3.8) is 0 Å². The van der Waals surface area contributed by atoms with E-state index in [4.69, 9.17) is 5.11 Å². The summed E-state index contributed by atoms with van der Waals surface area (Å²) in [5.74, 6) is -0.341. The van der Waals surface area contributed by atoms with E-state index in [-0.39, 0.29) is 23.3 Å². The third kappa shape index (κ3) is 5.81. The van der Waals surface area contributed by atoms with Crippen molar-refractivity contribution in [1.82, 2.24) is 9.80 Å². The van der Waals surface area contributed by atoms with E-state index in [1.807, 2.05) is 13.8 Å². The molecule has 0 spiro atoms. The Labute approximate surface area is 123 Å². The molecule has 1 rings (SSSR count). The fourth-order valence-corrected chi connectivity index (χ4v) is 2.63. The maximum absolute atomic E-state index is 11.9. The molecular weight excluding hydrogens is 280 g/mol. The Hall–Kier alpha value is -1.24. The van der Waals surface area contributed by atoms with Crippen LogP contribution in [0.4, 0.5) is 0 Å². The van der Waals surface area contributed by atoms with Gasteiger partial charge in [0.05, 0.1) is 11.5 Å². The Bertz CT molecular complexity index is 365. The molecule has 0 aromatic rings. The highest BCUT2D eigenvalue weighted by molar-refractivity contribution is 8.00. The van der Waals surface area contributed by atoms with Gasteiger partial charge in [0, 0.05) is 32.6 Å². The highest BCUT2D eigenvalue weighted by Crippen LogP contribution is 2.10. The first kappa shape index (κ1) is 16.8. The van der Waals surface area contributed by atoms with Gasteiger partial charge in [-0.3, -0.25) is 14.4 Å². The maximum Gasteiger partial charge on any atom is 0.313 e. The average molecular weight is 302 g/mol. The lowest BCUT2D eigenvalue weighted by atomic mass is 10.1. The summed E-state index contributed by atoms with van der Waals surface area (Å²) in [6, 6.07) is 0. The second-order valence-corrected chi connectivity index (χ2v) is 6.23. The number of amides is 2. The molecule has 1 fully saturated rings. The van der Waals surface area contributed by atoms with Crippen molar-refractivity contribution >= 4 is 29.5 Å². The van der Waals surface area contributed by atoms with Crippen LogP contribution in [-0.4, -0.2) is 70.4 Å². The molecule has 0 saturated carbocycles. The monoisotopic (exact) mass is 302 g/mol. The van der Waals surface area contributed by atoms with Crippen LogP contribution in [0.1, 0.15) is 20.3 Å². The van der Waals surface area contributed by atoms with Crippen molar-refractivity contribution in [3.05, 3.63) is 0 Å². The fraction of sp³-hybridized carbons (Fsp3) is 0.769. The smallest absolute Gasteiger partial charge is 0.313 e. The summed E-state index contributed by atoms with van der Waals surface area (Å²) >= 11 is 1.11. The molecule has 7 heteroatoms. The number of aliphatic carboxylic acids is 1. The van der Waals surface area contributed by atoms with E-state index in [0.29, 0.717) is 38.5 Å². The highest BCUT2D eigenvalue weighted by atomic mass is 32.2. The zero-order chi connectivity index (χ0) is 15.1. The topological polar surface area (TPSA) is 77.9 Å². The minimum atomic E-state index is -0.910. The van der Waals surface area contributed by atoms with Gasteiger partial charge >= 0.3 is 5.97 Å². The zero-order valence-corrected chi connectivity index (χ0v) is 12.8. The summed E-state index contributed by atoms with van der Waals surface area (Å²) in [6.45, 7) is 6.24. The van der Waals surface area contributed by atoms with Gasteiger partial charge in [-0.15, -0.1) is 11.8 Å². The molecule has 1 heterocycles. The molecule has 2 amide bonds. The summed E-state index contributed by atoms with van der Waals surface area (Å²) in [7, 11) is 0. The van der Waals surface area contributed by atoms with Gasteiger partial charge in [-0.05, 0) is 5.92 Å². The molecule has 1 aliphatic heterocycles. The van der Waals surface area contributed by atoms with E-state index < -0.39 is 5.97 Å². The van der Waals surface area contributed by atoms with Crippen LogP contribution < -0.4 is 0 Å². The maximum atomic E-state index is 11.9. The molecule has 6 nitrogen and oxygen atoms in total. The van der Waals surface area contributed by atoms with Gasteiger partial charge in [0.2, 0.25) is 11.8 Å². The first-order chi connectivity index (χ1) is 9.40. The first-order valence-electron chi connectivity index (χ1n) is 6.75. The molecule has 0 unspecified atom stereocenters. The van der Waals surface area contributed by atoms with Crippen molar-refractivity contribution in [1.29, 1.82) is 0 Å². The number of carbonyl (C=O) groups excluding carboxylic acids is 2. The van der Waals surface area contributed by atoms with Gasteiger partial charge in [0.1, 0.15) is 0 Å². The number of carboxylic acid groups (broad SMARTS) is 1. The number of piperazine rings is 1. The van der Waals surface area contributed by atoms with Crippen molar-refractivity contribution in [2.24, 2.45) is 5.92 Å². The summed E-state index contributed by atoms with van der Waals surface area (Å²) in [6.07, 6.45) is 0.544. The summed E-state index contributed by atoms with van der Waals surface area (Å²) < 4.78 is 0. The predicted octanol–water partition coefficient (Wildman–Crippen LogP) is 0.521. The number of hydrogen-bond donors (Lipinski definition) is 1. The molecule has 0 atom stereocenters. The van der Waals surface area contributed by atoms with E-state index in [0.717, 1.165) is 11.8 Å². The molecule has 0 aliphatic carbocycles. The Balaban J connectivity index is 2.29. The summed E-state index contributed by atoms with van der Waals surface area (Å²) in [4.78, 5) is 37.6. The molecule has 20 heavy (non-hydrogen) atoms. The van der Waals surface area contributed by atoms with Crippen molar-refractivity contribution in [3.8, 4) is 0 Å². The number of thioether (sulfide) groups is 1. The molecule has 0 aromatic heterocycles. The second-order valence-electron chi connectivity index (χ2n) is 5.25. The Morgan fingerprint density at radius 3 is 1.95 bits per heavy atom. The lowest BCUT2D eigenvalue weighted by Gasteiger charge is -2.35. The Morgan fingerprint density at radius 2 is 1.50 bits per heavy atom. The van der Waals surface area contributed by atoms with E-state index in [2.05, 4.69) is 0 Å². The molecule has 1 aliphatic rings. The zero-order valence-electron chi connectivity index (χ0n) is 12.0. The fourth-order valence-electron chi connectivity index (χ4n) is 2.00. The van der Waals surface area contributed by atoms with Gasteiger partial charge in [-0.1, -0.05) is 13.8 Å². The van der Waals surface area contributed by atoms with Gasteiger partial charge in [0.25, 0.3) is 0 Å². The highest BCUT2D eigenvalue weighted by Gasteiger charge is 2.24. The van der Waals surface area contributed by atoms with Crippen molar-refractivity contribution in [2.75, 3.05) is 37.7 Å². The Morgan fingerprint density at radius 1 is 1.00 bits per heavy atom. The lowest BCUT2D eigenvalue weighted by molar-refractivity contribution is -0.138. The molecule has 1 N–H and O–H groups in total. The molecule has 0 radical (unpaired) electrons. The van der Waals surface area contributed by atoms with Gasteiger partial charge < -0.3 is 14.9 Å². The van der Waals surface area contributed by atoms with E-state index >= 15 is 0 Å². The standard InChI is InChI=1S/C13H22N2O4S/c1-10(2)7-11(16)14-3-5-15(6-4-14)12(17)8-20-9-13(18)19/h10H,3-9H2,1-2H3,(H,18,19). The van der Waals surface area contributed by atoms with Crippen LogP contribution >= 0.6 is 11.8 Å². The molecule has 0 bridgehead atoms. The quantitative estimate of drug-likeness (QED) is 0.774. The number of rotatable bonds is 6. The number of carbonyl (C=O) groups is 3. The van der Waals surface area contributed by atoms with Crippen LogP contribution in [0.25, 0.3) is 0 Å². The van der Waals surface area contributed by atoms with Gasteiger partial charge in [0.15, 0.2) is 0 Å². The average Bonchev–Trinajstić information content (AvgIpc) is 2.37. The summed E-state index contributed by atoms with van der Waals surface area (Å²) in [5.41, 5.74) is 0. The van der Waals surface area contributed by atoms with Crippen molar-refractivity contribution in [2.45, 2.75) is 20.3 Å². The lowest BCUT2D eigenvalue weighted by Crippen LogP contribution is -2.51. The van der Waals surface area contributed by atoms with Crippen LogP contribution in [0.5, 0.6) is 0 Å². The number of carboxylic acids is 1. The first-order valence-corrected chi connectivity index (χ1v) is 7.90. The Kier molecular flexibility index (Phi) is 6.84. The second kappa shape index (κ2) is 8.14. The SMILES string of the molecule is CC(C)CC(=O)N1CCN(C(=O)CSCC(=O)O)CC1. The van der Waals surface area contributed by atoms with Crippen LogP contribution in [0.3, 0.4) is 0 Å². The van der Waals surface area contributed by atoms with Crippen LogP contribution in [0, 0.1) is 5.92 Å². The largest absolute Gasteiger partial charge is 0.481 e. The van der Waals surface area contributed by atoms with E-state index in [1.54, 1.807) is 9.80 Å². The van der Waals surface area contributed by atoms with Crippen LogP contribution in [0.2, 0.25) is 0 Å².